The first-order valence-corrected chi connectivity index (χ1v) is 9.29. The first-order valence-electron chi connectivity index (χ1n) is 8.50. The largest absolute Gasteiger partial charge is 0.490 e. The van der Waals surface area contributed by atoms with E-state index in [0.717, 1.165) is 16.7 Å². The Labute approximate surface area is 167 Å². The van der Waals surface area contributed by atoms with E-state index in [1.165, 1.54) is 16.3 Å². The number of anilines is 1. The molecule has 2 N–H and O–H groups in total. The van der Waals surface area contributed by atoms with Gasteiger partial charge in [-0.15, -0.1) is 0 Å². The lowest BCUT2D eigenvalue weighted by Crippen LogP contribution is -2.28. The highest BCUT2D eigenvalue weighted by Gasteiger charge is 2.38. The maximum atomic E-state index is 12.3. The molecular formula is C19H19BrF4N2O2. The molecule has 0 aromatic heterocycles. The van der Waals surface area contributed by atoms with Crippen LogP contribution in [0.4, 0.5) is 23.2 Å². The Morgan fingerprint density at radius 1 is 1.29 bits per heavy atom. The van der Waals surface area contributed by atoms with Gasteiger partial charge in [0, 0.05) is 29.0 Å². The third kappa shape index (κ3) is 4.81. The van der Waals surface area contributed by atoms with Gasteiger partial charge in [0.2, 0.25) is 0 Å². The Morgan fingerprint density at radius 3 is 2.50 bits per heavy atom. The number of carboxylic acids is 1. The molecule has 0 saturated carbocycles. The van der Waals surface area contributed by atoms with Crippen LogP contribution in [0, 0.1) is 5.41 Å². The topological polar surface area (TPSA) is 64.4 Å². The minimum absolute atomic E-state index is 0.358. The Kier molecular flexibility index (Phi) is 7.03. The highest BCUT2D eigenvalue weighted by atomic mass is 79.9. The molecule has 152 valence electrons. The lowest BCUT2D eigenvalue weighted by atomic mass is 9.96. The summed E-state index contributed by atoms with van der Waals surface area (Å²) in [5.41, 5.74) is 2.41. The number of halogens is 5. The SMILES string of the molecule is CC1CN(C(=N)CCCF)c2ccc3c(Br)cccc3c21.O=C(O)C(F)(F)F. The quantitative estimate of drug-likeness (QED) is 0.339. The zero-order valence-electron chi connectivity index (χ0n) is 15.0. The summed E-state index contributed by atoms with van der Waals surface area (Å²) in [5, 5.41) is 17.8. The van der Waals surface area contributed by atoms with Gasteiger partial charge in [-0.05, 0) is 34.9 Å². The van der Waals surface area contributed by atoms with E-state index in [9.17, 15) is 17.6 Å². The Balaban J connectivity index is 0.000000345. The van der Waals surface area contributed by atoms with Gasteiger partial charge < -0.3 is 10.0 Å². The standard InChI is InChI=1S/C17H18BrFN2.C2HF3O2/c1-11-10-21(16(20)6-3-9-19)15-8-7-12-13(17(11)15)4-2-5-14(12)18;3-2(4,5)1(6)7/h2,4-5,7-8,11,20H,3,6,9-10H2,1H3;(H,6,7). The Hall–Kier alpha value is -2.16. The van der Waals surface area contributed by atoms with Crippen LogP contribution in [-0.4, -0.2) is 36.3 Å². The summed E-state index contributed by atoms with van der Waals surface area (Å²) < 4.78 is 45.2. The Bertz CT molecular complexity index is 886. The van der Waals surface area contributed by atoms with Crippen molar-refractivity contribution in [2.24, 2.45) is 0 Å². The molecule has 0 spiro atoms. The molecule has 0 bridgehead atoms. The molecule has 3 rings (SSSR count). The number of alkyl halides is 4. The lowest BCUT2D eigenvalue weighted by molar-refractivity contribution is -0.192. The van der Waals surface area contributed by atoms with E-state index in [-0.39, 0.29) is 6.67 Å². The zero-order chi connectivity index (χ0) is 21.1. The van der Waals surface area contributed by atoms with Crippen LogP contribution in [0.15, 0.2) is 34.8 Å². The summed E-state index contributed by atoms with van der Waals surface area (Å²) in [7, 11) is 0. The van der Waals surface area contributed by atoms with Crippen molar-refractivity contribution in [2.45, 2.75) is 31.9 Å². The highest BCUT2D eigenvalue weighted by Crippen LogP contribution is 2.42. The van der Waals surface area contributed by atoms with Gasteiger partial charge in [0.15, 0.2) is 0 Å². The lowest BCUT2D eigenvalue weighted by Gasteiger charge is -2.20. The molecule has 2 aromatic rings. The number of hydrogen-bond acceptors (Lipinski definition) is 2. The van der Waals surface area contributed by atoms with Crippen molar-refractivity contribution in [1.82, 2.24) is 0 Å². The number of hydrogen-bond donors (Lipinski definition) is 2. The molecule has 1 heterocycles. The van der Waals surface area contributed by atoms with Gasteiger partial charge in [-0.1, -0.05) is 41.1 Å². The van der Waals surface area contributed by atoms with Gasteiger partial charge in [-0.3, -0.25) is 9.80 Å². The maximum absolute atomic E-state index is 12.3. The fraction of sp³-hybridized carbons (Fsp3) is 0.368. The van der Waals surface area contributed by atoms with Crippen molar-refractivity contribution in [3.63, 3.8) is 0 Å². The number of rotatable bonds is 3. The number of carbonyl (C=O) groups is 1. The first kappa shape index (κ1) is 22.1. The van der Waals surface area contributed by atoms with Crippen LogP contribution in [0.25, 0.3) is 10.8 Å². The molecule has 1 aliphatic rings. The normalized spacial score (nSPS) is 15.8. The maximum Gasteiger partial charge on any atom is 0.490 e. The second kappa shape index (κ2) is 8.89. The molecule has 4 nitrogen and oxygen atoms in total. The monoisotopic (exact) mass is 462 g/mol. The van der Waals surface area contributed by atoms with Crippen LogP contribution < -0.4 is 4.90 Å². The number of fused-ring (bicyclic) bond motifs is 3. The zero-order valence-corrected chi connectivity index (χ0v) is 16.6. The minimum Gasteiger partial charge on any atom is -0.475 e. The molecule has 1 unspecified atom stereocenters. The van der Waals surface area contributed by atoms with E-state index in [2.05, 4.69) is 53.2 Å². The molecule has 1 aliphatic heterocycles. The highest BCUT2D eigenvalue weighted by molar-refractivity contribution is 9.10. The number of nitrogens with one attached hydrogen (secondary N) is 1. The van der Waals surface area contributed by atoms with E-state index in [0.29, 0.717) is 24.6 Å². The van der Waals surface area contributed by atoms with Crippen LogP contribution in [0.3, 0.4) is 0 Å². The van der Waals surface area contributed by atoms with E-state index >= 15 is 0 Å². The van der Waals surface area contributed by atoms with Gasteiger partial charge in [0.1, 0.15) is 5.84 Å². The minimum atomic E-state index is -5.08. The number of nitrogens with zero attached hydrogens (tertiary/aromatic N) is 1. The van der Waals surface area contributed by atoms with Crippen LogP contribution in [0.1, 0.15) is 31.2 Å². The summed E-state index contributed by atoms with van der Waals surface area (Å²) in [6, 6.07) is 10.4. The van der Waals surface area contributed by atoms with Crippen molar-refractivity contribution in [3.05, 3.63) is 40.4 Å². The van der Waals surface area contributed by atoms with Gasteiger partial charge in [0.25, 0.3) is 0 Å². The van der Waals surface area contributed by atoms with Crippen molar-refractivity contribution in [3.8, 4) is 0 Å². The van der Waals surface area contributed by atoms with Crippen LogP contribution in [0.2, 0.25) is 0 Å². The average Bonchev–Trinajstić information content (AvgIpc) is 2.97. The fourth-order valence-corrected chi connectivity index (χ4v) is 3.67. The summed E-state index contributed by atoms with van der Waals surface area (Å²) >= 11 is 3.61. The second-order valence-corrected chi connectivity index (χ2v) is 7.24. The average molecular weight is 463 g/mol. The van der Waals surface area contributed by atoms with Crippen LogP contribution in [0.5, 0.6) is 0 Å². The molecule has 0 saturated heterocycles. The summed E-state index contributed by atoms with van der Waals surface area (Å²) in [6.07, 6.45) is -4.16. The molecular weight excluding hydrogens is 444 g/mol. The smallest absolute Gasteiger partial charge is 0.475 e. The number of aliphatic carboxylic acids is 1. The van der Waals surface area contributed by atoms with Crippen molar-refractivity contribution >= 4 is 44.2 Å². The predicted molar refractivity (Wildman–Crippen MR) is 104 cm³/mol. The van der Waals surface area contributed by atoms with Crippen molar-refractivity contribution in [1.29, 1.82) is 5.41 Å². The van der Waals surface area contributed by atoms with Gasteiger partial charge in [-0.25, -0.2) is 4.79 Å². The molecule has 2 aromatic carbocycles. The molecule has 0 amide bonds. The predicted octanol–water partition coefficient (Wildman–Crippen LogP) is 5.89. The van der Waals surface area contributed by atoms with E-state index < -0.39 is 12.1 Å². The van der Waals surface area contributed by atoms with E-state index in [1.54, 1.807) is 0 Å². The van der Waals surface area contributed by atoms with Crippen LogP contribution >= 0.6 is 15.9 Å². The number of amidine groups is 1. The van der Waals surface area contributed by atoms with E-state index in [1.807, 2.05) is 4.90 Å². The molecule has 9 heteroatoms. The molecule has 0 radical (unpaired) electrons. The third-order valence-corrected chi connectivity index (χ3v) is 5.07. The van der Waals surface area contributed by atoms with Gasteiger partial charge in [0.05, 0.1) is 6.67 Å². The summed E-state index contributed by atoms with van der Waals surface area (Å²) in [4.78, 5) is 10.9. The fourth-order valence-electron chi connectivity index (χ4n) is 3.17. The summed E-state index contributed by atoms with van der Waals surface area (Å²) in [6.45, 7) is 2.65. The van der Waals surface area contributed by atoms with Gasteiger partial charge in [-0.2, -0.15) is 13.2 Å². The number of carboxylic acid groups (broad SMARTS) is 1. The third-order valence-electron chi connectivity index (χ3n) is 4.38. The molecule has 0 aliphatic carbocycles. The number of benzene rings is 2. The summed E-state index contributed by atoms with van der Waals surface area (Å²) in [5.74, 6) is -1.86. The second-order valence-electron chi connectivity index (χ2n) is 6.39. The van der Waals surface area contributed by atoms with Crippen molar-refractivity contribution < 1.29 is 27.5 Å². The van der Waals surface area contributed by atoms with Crippen molar-refractivity contribution in [2.75, 3.05) is 18.1 Å². The van der Waals surface area contributed by atoms with E-state index in [4.69, 9.17) is 15.3 Å². The first-order chi connectivity index (χ1) is 13.1. The molecule has 28 heavy (non-hydrogen) atoms. The van der Waals surface area contributed by atoms with Crippen LogP contribution in [-0.2, 0) is 4.79 Å². The Morgan fingerprint density at radius 2 is 1.93 bits per heavy atom. The molecule has 0 fully saturated rings. The van der Waals surface area contributed by atoms with Gasteiger partial charge >= 0.3 is 12.1 Å². The molecule has 1 atom stereocenters.